The summed E-state index contributed by atoms with van der Waals surface area (Å²) in [6.45, 7) is 0.113. The molecule has 0 saturated carbocycles. The maximum Gasteiger partial charge on any atom is 0.246 e. The molecule has 7 nitrogen and oxygen atoms in total. The second-order valence-corrected chi connectivity index (χ2v) is 7.21. The van der Waals surface area contributed by atoms with Gasteiger partial charge in [-0.1, -0.05) is 41.6 Å². The molecule has 0 fully saturated rings. The van der Waals surface area contributed by atoms with Gasteiger partial charge in [0.1, 0.15) is 0 Å². The van der Waals surface area contributed by atoms with Crippen molar-refractivity contribution in [1.82, 2.24) is 15.5 Å². The van der Waals surface area contributed by atoms with Crippen LogP contribution in [0.25, 0.3) is 11.4 Å². The summed E-state index contributed by atoms with van der Waals surface area (Å²) in [6, 6.07) is 9.36. The van der Waals surface area contributed by atoms with Gasteiger partial charge in [-0.3, -0.25) is 4.79 Å². The molecule has 0 aliphatic carbocycles. The minimum atomic E-state index is -3.14. The molecule has 120 valence electrons. The first-order valence-electron chi connectivity index (χ1n) is 7.07. The fourth-order valence-electron chi connectivity index (χ4n) is 2.28. The van der Waals surface area contributed by atoms with Gasteiger partial charge >= 0.3 is 0 Å². The molecule has 1 aromatic carbocycles. The monoisotopic (exact) mass is 333 g/mol. The Bertz CT molecular complexity index is 827. The van der Waals surface area contributed by atoms with E-state index in [0.29, 0.717) is 11.7 Å². The third-order valence-electron chi connectivity index (χ3n) is 3.39. The van der Waals surface area contributed by atoms with E-state index < -0.39 is 9.84 Å². The molecule has 3 rings (SSSR count). The number of sulfone groups is 1. The summed E-state index contributed by atoms with van der Waals surface area (Å²) in [7, 11) is -3.14. The van der Waals surface area contributed by atoms with Gasteiger partial charge in [-0.15, -0.1) is 0 Å². The SMILES string of the molecule is O=C(CC1C=CS(=O)(=O)C1)NCc1nc(-c2ccccc2)no1. The number of hydrogen-bond donors (Lipinski definition) is 1. The molecule has 0 bridgehead atoms. The van der Waals surface area contributed by atoms with Crippen LogP contribution >= 0.6 is 0 Å². The molecule has 1 amide bonds. The molecule has 1 aromatic heterocycles. The lowest BCUT2D eigenvalue weighted by atomic mass is 10.1. The van der Waals surface area contributed by atoms with Gasteiger partial charge in [-0.05, 0) is 0 Å². The van der Waals surface area contributed by atoms with Gasteiger partial charge in [0.25, 0.3) is 0 Å². The van der Waals surface area contributed by atoms with Gasteiger partial charge in [0.15, 0.2) is 9.84 Å². The Kier molecular flexibility index (Phi) is 4.24. The van der Waals surface area contributed by atoms with Crippen LogP contribution in [0.2, 0.25) is 0 Å². The highest BCUT2D eigenvalue weighted by atomic mass is 32.2. The fourth-order valence-corrected chi connectivity index (χ4v) is 3.68. The van der Waals surface area contributed by atoms with E-state index in [1.165, 1.54) is 0 Å². The molecule has 2 aromatic rings. The van der Waals surface area contributed by atoms with Crippen molar-refractivity contribution >= 4 is 15.7 Å². The van der Waals surface area contributed by atoms with E-state index >= 15 is 0 Å². The summed E-state index contributed by atoms with van der Waals surface area (Å²) in [6.07, 6.45) is 1.67. The third kappa shape index (κ3) is 4.04. The van der Waals surface area contributed by atoms with E-state index in [1.54, 1.807) is 6.08 Å². The lowest BCUT2D eigenvalue weighted by molar-refractivity contribution is -0.121. The van der Waals surface area contributed by atoms with E-state index in [-0.39, 0.29) is 30.5 Å². The highest BCUT2D eigenvalue weighted by molar-refractivity contribution is 7.94. The van der Waals surface area contributed by atoms with Gasteiger partial charge in [0.05, 0.1) is 12.3 Å². The Morgan fingerprint density at radius 3 is 2.78 bits per heavy atom. The Morgan fingerprint density at radius 2 is 2.09 bits per heavy atom. The zero-order chi connectivity index (χ0) is 16.3. The minimum Gasteiger partial charge on any atom is -0.347 e. The van der Waals surface area contributed by atoms with Gasteiger partial charge in [0, 0.05) is 23.3 Å². The first-order valence-corrected chi connectivity index (χ1v) is 8.79. The van der Waals surface area contributed by atoms with Crippen molar-refractivity contribution < 1.29 is 17.7 Å². The average molecular weight is 333 g/mol. The summed E-state index contributed by atoms with van der Waals surface area (Å²) < 4.78 is 27.7. The molecular weight excluding hydrogens is 318 g/mol. The number of nitrogens with one attached hydrogen (secondary N) is 1. The lowest BCUT2D eigenvalue weighted by Crippen LogP contribution is -2.25. The van der Waals surface area contributed by atoms with Crippen LogP contribution in [0.3, 0.4) is 0 Å². The maximum absolute atomic E-state index is 11.8. The molecule has 0 spiro atoms. The van der Waals surface area contributed by atoms with Crippen molar-refractivity contribution in [3.63, 3.8) is 0 Å². The van der Waals surface area contributed by atoms with Crippen LogP contribution in [0.4, 0.5) is 0 Å². The zero-order valence-corrected chi connectivity index (χ0v) is 13.0. The third-order valence-corrected chi connectivity index (χ3v) is 4.85. The first kappa shape index (κ1) is 15.4. The Morgan fingerprint density at radius 1 is 1.30 bits per heavy atom. The molecular formula is C15H15N3O4S. The average Bonchev–Trinajstić information content (AvgIpc) is 3.13. The second-order valence-electron chi connectivity index (χ2n) is 5.28. The number of amides is 1. The van der Waals surface area contributed by atoms with E-state index in [0.717, 1.165) is 11.0 Å². The van der Waals surface area contributed by atoms with E-state index in [9.17, 15) is 13.2 Å². The molecule has 1 atom stereocenters. The van der Waals surface area contributed by atoms with Crippen LogP contribution in [-0.4, -0.2) is 30.2 Å². The molecule has 8 heteroatoms. The lowest BCUT2D eigenvalue weighted by Gasteiger charge is -2.06. The summed E-state index contributed by atoms with van der Waals surface area (Å²) >= 11 is 0. The number of rotatable bonds is 5. The molecule has 1 aliphatic heterocycles. The predicted molar refractivity (Wildman–Crippen MR) is 82.6 cm³/mol. The van der Waals surface area contributed by atoms with Crippen molar-refractivity contribution in [3.05, 3.63) is 47.7 Å². The summed E-state index contributed by atoms with van der Waals surface area (Å²) in [5, 5.41) is 7.67. The van der Waals surface area contributed by atoms with Crippen molar-refractivity contribution in [1.29, 1.82) is 0 Å². The van der Waals surface area contributed by atoms with Crippen LogP contribution in [0.5, 0.6) is 0 Å². The Hall–Kier alpha value is -2.48. The largest absolute Gasteiger partial charge is 0.347 e. The molecule has 1 unspecified atom stereocenters. The van der Waals surface area contributed by atoms with Gasteiger partial charge in [-0.25, -0.2) is 8.42 Å². The summed E-state index contributed by atoms with van der Waals surface area (Å²) in [4.78, 5) is 16.0. The first-order chi connectivity index (χ1) is 11.0. The van der Waals surface area contributed by atoms with Crippen LogP contribution < -0.4 is 5.32 Å². The number of benzene rings is 1. The van der Waals surface area contributed by atoms with E-state index in [2.05, 4.69) is 15.5 Å². The highest BCUT2D eigenvalue weighted by Crippen LogP contribution is 2.18. The number of aromatic nitrogens is 2. The van der Waals surface area contributed by atoms with Crippen LogP contribution in [0.1, 0.15) is 12.3 Å². The minimum absolute atomic E-state index is 0.0147. The summed E-state index contributed by atoms with van der Waals surface area (Å²) in [5.74, 6) is 0.212. The van der Waals surface area contributed by atoms with Gasteiger partial charge in [-0.2, -0.15) is 4.98 Å². The Labute approximate surface area is 133 Å². The Balaban J connectivity index is 1.52. The molecule has 2 heterocycles. The van der Waals surface area contributed by atoms with Crippen molar-refractivity contribution in [2.45, 2.75) is 13.0 Å². The predicted octanol–water partition coefficient (Wildman–Crippen LogP) is 1.30. The summed E-state index contributed by atoms with van der Waals surface area (Å²) in [5.41, 5.74) is 0.829. The number of carbonyl (C=O) groups is 1. The molecule has 0 radical (unpaired) electrons. The van der Waals surface area contributed by atoms with Crippen LogP contribution in [0.15, 0.2) is 46.3 Å². The quantitative estimate of drug-likeness (QED) is 0.885. The van der Waals surface area contributed by atoms with Gasteiger partial charge in [0.2, 0.25) is 17.6 Å². The second kappa shape index (κ2) is 6.33. The topological polar surface area (TPSA) is 102 Å². The van der Waals surface area contributed by atoms with Crippen LogP contribution in [-0.2, 0) is 21.2 Å². The highest BCUT2D eigenvalue weighted by Gasteiger charge is 2.23. The number of carbonyl (C=O) groups excluding carboxylic acids is 1. The molecule has 23 heavy (non-hydrogen) atoms. The van der Waals surface area contributed by atoms with Gasteiger partial charge < -0.3 is 9.84 Å². The smallest absolute Gasteiger partial charge is 0.246 e. The molecule has 1 N–H and O–H groups in total. The van der Waals surface area contributed by atoms with Crippen molar-refractivity contribution in [3.8, 4) is 11.4 Å². The van der Waals surface area contributed by atoms with Crippen molar-refractivity contribution in [2.75, 3.05) is 5.75 Å². The molecule has 0 saturated heterocycles. The van der Waals surface area contributed by atoms with Crippen LogP contribution in [0, 0.1) is 5.92 Å². The van der Waals surface area contributed by atoms with E-state index in [1.807, 2.05) is 30.3 Å². The van der Waals surface area contributed by atoms with E-state index in [4.69, 9.17) is 4.52 Å². The van der Waals surface area contributed by atoms with Crippen molar-refractivity contribution in [2.24, 2.45) is 5.92 Å². The standard InChI is InChI=1S/C15H15N3O4S/c19-13(8-11-6-7-23(20,21)10-11)16-9-14-17-15(18-22-14)12-4-2-1-3-5-12/h1-7,11H,8-10H2,(H,16,19). The number of hydrogen-bond acceptors (Lipinski definition) is 6. The fraction of sp³-hybridized carbons (Fsp3) is 0.267. The number of allylic oxidation sites excluding steroid dienone is 1. The molecule has 1 aliphatic rings. The number of nitrogens with zero attached hydrogens (tertiary/aromatic N) is 2. The zero-order valence-electron chi connectivity index (χ0n) is 12.2. The maximum atomic E-state index is 11.8. The normalized spacial score (nSPS) is 18.9.